The molecule has 1 heterocycles. The molecule has 1 aliphatic carbocycles. The van der Waals surface area contributed by atoms with Gasteiger partial charge in [0, 0.05) is 11.6 Å². The Kier molecular flexibility index (Phi) is 4.19. The standard InChI is InChI=1S/C17H30F3N/c1-15(2,3)14-9-11(7-8-21(14)16(4,5)6)12-10-13(12)17(18,19)20/h11-14H,7-10H2,1-6H3. The summed E-state index contributed by atoms with van der Waals surface area (Å²) in [4.78, 5) is 2.51. The van der Waals surface area contributed by atoms with Crippen molar-refractivity contribution in [2.45, 2.75) is 78.6 Å². The number of hydrogen-bond donors (Lipinski definition) is 0. The van der Waals surface area contributed by atoms with Crippen LogP contribution < -0.4 is 0 Å². The van der Waals surface area contributed by atoms with Crippen molar-refractivity contribution < 1.29 is 13.2 Å². The molecule has 4 atom stereocenters. The number of alkyl halides is 3. The van der Waals surface area contributed by atoms with Gasteiger partial charge in [0.2, 0.25) is 0 Å². The molecule has 0 aromatic heterocycles. The van der Waals surface area contributed by atoms with E-state index >= 15 is 0 Å². The topological polar surface area (TPSA) is 3.24 Å². The lowest BCUT2D eigenvalue weighted by atomic mass is 9.73. The van der Waals surface area contributed by atoms with E-state index in [1.54, 1.807) is 0 Å². The zero-order chi connectivity index (χ0) is 16.2. The van der Waals surface area contributed by atoms with Gasteiger partial charge in [0.15, 0.2) is 0 Å². The van der Waals surface area contributed by atoms with Crippen LogP contribution in [0.3, 0.4) is 0 Å². The minimum absolute atomic E-state index is 0.0793. The monoisotopic (exact) mass is 305 g/mol. The Morgan fingerprint density at radius 2 is 1.48 bits per heavy atom. The second-order valence-electron chi connectivity index (χ2n) is 9.08. The van der Waals surface area contributed by atoms with Crippen LogP contribution in [0.5, 0.6) is 0 Å². The van der Waals surface area contributed by atoms with Crippen molar-refractivity contribution in [3.8, 4) is 0 Å². The SMILES string of the molecule is CC(C)(C)C1CC(C2CC2C(F)(F)F)CCN1C(C)(C)C. The maximum Gasteiger partial charge on any atom is 0.392 e. The molecule has 2 rings (SSSR count). The van der Waals surface area contributed by atoms with E-state index in [2.05, 4.69) is 46.4 Å². The van der Waals surface area contributed by atoms with E-state index in [-0.39, 0.29) is 22.8 Å². The number of piperidine rings is 1. The first-order valence-corrected chi connectivity index (χ1v) is 8.15. The molecule has 21 heavy (non-hydrogen) atoms. The Morgan fingerprint density at radius 1 is 0.905 bits per heavy atom. The first kappa shape index (κ1) is 17.1. The van der Waals surface area contributed by atoms with Gasteiger partial charge in [0.25, 0.3) is 0 Å². The van der Waals surface area contributed by atoms with Gasteiger partial charge in [-0.2, -0.15) is 13.2 Å². The molecule has 0 amide bonds. The average molecular weight is 305 g/mol. The second-order valence-corrected chi connectivity index (χ2v) is 9.08. The number of nitrogens with zero attached hydrogens (tertiary/aromatic N) is 1. The molecule has 0 bridgehead atoms. The lowest BCUT2D eigenvalue weighted by Crippen LogP contribution is -2.57. The van der Waals surface area contributed by atoms with Gasteiger partial charge < -0.3 is 0 Å². The van der Waals surface area contributed by atoms with Gasteiger partial charge in [0.1, 0.15) is 0 Å². The molecule has 124 valence electrons. The number of likely N-dealkylation sites (tertiary alicyclic amines) is 1. The van der Waals surface area contributed by atoms with Gasteiger partial charge >= 0.3 is 6.18 Å². The van der Waals surface area contributed by atoms with E-state index in [9.17, 15) is 13.2 Å². The Bertz CT molecular complexity index is 375. The van der Waals surface area contributed by atoms with Gasteiger partial charge in [-0.3, -0.25) is 4.90 Å². The molecule has 2 aliphatic rings. The van der Waals surface area contributed by atoms with E-state index in [4.69, 9.17) is 0 Å². The normalized spacial score (nSPS) is 35.9. The maximum atomic E-state index is 12.8. The Labute approximate surface area is 127 Å². The highest BCUT2D eigenvalue weighted by atomic mass is 19.4. The van der Waals surface area contributed by atoms with Crippen LogP contribution in [0.2, 0.25) is 0 Å². The summed E-state index contributed by atoms with van der Waals surface area (Å²) < 4.78 is 38.5. The van der Waals surface area contributed by atoms with Crippen molar-refractivity contribution in [1.29, 1.82) is 0 Å². The molecule has 4 heteroatoms. The van der Waals surface area contributed by atoms with E-state index in [1.807, 2.05) is 0 Å². The van der Waals surface area contributed by atoms with Crippen molar-refractivity contribution >= 4 is 0 Å². The summed E-state index contributed by atoms with van der Waals surface area (Å²) in [7, 11) is 0. The molecule has 1 nitrogen and oxygen atoms in total. The zero-order valence-corrected chi connectivity index (χ0v) is 14.2. The van der Waals surface area contributed by atoms with E-state index in [0.29, 0.717) is 12.5 Å². The number of halogens is 3. The third-order valence-electron chi connectivity index (χ3n) is 5.37. The quantitative estimate of drug-likeness (QED) is 0.650. The number of rotatable bonds is 1. The first-order chi connectivity index (χ1) is 9.32. The van der Waals surface area contributed by atoms with Crippen molar-refractivity contribution in [1.82, 2.24) is 4.90 Å². The molecule has 0 aromatic carbocycles. The predicted molar refractivity (Wildman–Crippen MR) is 80.1 cm³/mol. The minimum Gasteiger partial charge on any atom is -0.295 e. The zero-order valence-electron chi connectivity index (χ0n) is 14.2. The van der Waals surface area contributed by atoms with Gasteiger partial charge in [-0.25, -0.2) is 0 Å². The summed E-state index contributed by atoms with van der Waals surface area (Å²) in [5, 5.41) is 0. The lowest BCUT2D eigenvalue weighted by Gasteiger charge is -2.52. The molecule has 0 N–H and O–H groups in total. The first-order valence-electron chi connectivity index (χ1n) is 8.15. The molecule has 0 spiro atoms. The van der Waals surface area contributed by atoms with Crippen LogP contribution in [0.25, 0.3) is 0 Å². The second kappa shape index (κ2) is 5.14. The largest absolute Gasteiger partial charge is 0.392 e. The lowest BCUT2D eigenvalue weighted by molar-refractivity contribution is -0.154. The molecule has 1 saturated carbocycles. The Hall–Kier alpha value is -0.250. The Balaban J connectivity index is 2.09. The van der Waals surface area contributed by atoms with Crippen LogP contribution in [0, 0.1) is 23.2 Å². The van der Waals surface area contributed by atoms with Crippen molar-refractivity contribution in [3.63, 3.8) is 0 Å². The summed E-state index contributed by atoms with van der Waals surface area (Å²) in [5.41, 5.74) is 0.185. The summed E-state index contributed by atoms with van der Waals surface area (Å²) in [6.45, 7) is 14.2. The fraction of sp³-hybridized carbons (Fsp3) is 1.00. The average Bonchev–Trinajstić information content (AvgIpc) is 3.05. The molecular formula is C17H30F3N. The van der Waals surface area contributed by atoms with Crippen molar-refractivity contribution in [2.75, 3.05) is 6.54 Å². The smallest absolute Gasteiger partial charge is 0.295 e. The third-order valence-corrected chi connectivity index (χ3v) is 5.37. The Morgan fingerprint density at radius 3 is 1.86 bits per heavy atom. The molecule has 0 aromatic rings. The van der Waals surface area contributed by atoms with Crippen molar-refractivity contribution in [3.05, 3.63) is 0 Å². The van der Waals surface area contributed by atoms with Crippen LogP contribution in [-0.4, -0.2) is 29.2 Å². The summed E-state index contributed by atoms with van der Waals surface area (Å²) in [6, 6.07) is 0.366. The third kappa shape index (κ3) is 3.75. The summed E-state index contributed by atoms with van der Waals surface area (Å²) in [5.74, 6) is -0.888. The van der Waals surface area contributed by atoms with Gasteiger partial charge in [-0.05, 0) is 63.8 Å². The maximum absolute atomic E-state index is 12.8. The molecule has 1 saturated heterocycles. The molecule has 1 aliphatic heterocycles. The van der Waals surface area contributed by atoms with E-state index < -0.39 is 12.1 Å². The van der Waals surface area contributed by atoms with Crippen LogP contribution >= 0.6 is 0 Å². The van der Waals surface area contributed by atoms with Gasteiger partial charge in [-0.1, -0.05) is 20.8 Å². The fourth-order valence-corrected chi connectivity index (χ4v) is 4.12. The van der Waals surface area contributed by atoms with Crippen LogP contribution in [0.4, 0.5) is 13.2 Å². The van der Waals surface area contributed by atoms with E-state index in [0.717, 1.165) is 19.4 Å². The predicted octanol–water partition coefficient (Wildman–Crippen LogP) is 5.11. The summed E-state index contributed by atoms with van der Waals surface area (Å²) >= 11 is 0. The minimum atomic E-state index is -3.98. The highest BCUT2D eigenvalue weighted by molar-refractivity contribution is 5.02. The molecule has 0 radical (unpaired) electrons. The van der Waals surface area contributed by atoms with Crippen LogP contribution in [0.15, 0.2) is 0 Å². The fourth-order valence-electron chi connectivity index (χ4n) is 4.12. The molecular weight excluding hydrogens is 275 g/mol. The number of hydrogen-bond acceptors (Lipinski definition) is 1. The highest BCUT2D eigenvalue weighted by Crippen LogP contribution is 2.57. The van der Waals surface area contributed by atoms with Crippen LogP contribution in [-0.2, 0) is 0 Å². The van der Waals surface area contributed by atoms with Crippen LogP contribution in [0.1, 0.15) is 60.8 Å². The van der Waals surface area contributed by atoms with Gasteiger partial charge in [0.05, 0.1) is 5.92 Å². The highest BCUT2D eigenvalue weighted by Gasteiger charge is 2.59. The summed E-state index contributed by atoms with van der Waals surface area (Å²) in [6.07, 6.45) is -1.79. The van der Waals surface area contributed by atoms with E-state index in [1.165, 1.54) is 0 Å². The van der Waals surface area contributed by atoms with Gasteiger partial charge in [-0.15, -0.1) is 0 Å². The molecule has 4 unspecified atom stereocenters. The molecule has 2 fully saturated rings. The van der Waals surface area contributed by atoms with Crippen molar-refractivity contribution in [2.24, 2.45) is 23.2 Å².